The quantitative estimate of drug-likeness (QED) is 0.902. The molecule has 0 aliphatic carbocycles. The van der Waals surface area contributed by atoms with Gasteiger partial charge >= 0.3 is 0 Å². The fourth-order valence-corrected chi connectivity index (χ4v) is 2.98. The van der Waals surface area contributed by atoms with Crippen LogP contribution in [0, 0.1) is 12.8 Å². The number of aryl methyl sites for hydroxylation is 1. The van der Waals surface area contributed by atoms with Crippen molar-refractivity contribution in [1.82, 2.24) is 0 Å². The van der Waals surface area contributed by atoms with Crippen molar-refractivity contribution >= 4 is 21.6 Å². The van der Waals surface area contributed by atoms with Crippen LogP contribution in [-0.2, 0) is 0 Å². The van der Waals surface area contributed by atoms with Crippen LogP contribution in [0.4, 0.5) is 5.69 Å². The first-order valence-corrected chi connectivity index (χ1v) is 7.47. The molecule has 100 valence electrons. The maximum absolute atomic E-state index is 5.85. The van der Waals surface area contributed by atoms with Crippen LogP contribution in [-0.4, -0.2) is 18.6 Å². The molecule has 0 amide bonds. The number of hydrogen-bond acceptors (Lipinski definition) is 2. The molecule has 2 nitrogen and oxygen atoms in total. The number of anilines is 1. The van der Waals surface area contributed by atoms with E-state index in [9.17, 15) is 0 Å². The van der Waals surface area contributed by atoms with Gasteiger partial charge in [0.05, 0.1) is 0 Å². The molecule has 1 fully saturated rings. The Bertz CT molecular complexity index is 429. The number of hydrogen-bond donors (Lipinski definition) is 1. The molecule has 0 spiro atoms. The Balaban J connectivity index is 2.30. The molecule has 0 aromatic heterocycles. The monoisotopic (exact) mass is 310 g/mol. The van der Waals surface area contributed by atoms with Crippen molar-refractivity contribution in [2.45, 2.75) is 39.2 Å². The van der Waals surface area contributed by atoms with E-state index in [1.165, 1.54) is 28.6 Å². The smallest absolute Gasteiger partial charge is 0.0374 e. The van der Waals surface area contributed by atoms with Gasteiger partial charge in [-0.25, -0.2) is 0 Å². The summed E-state index contributed by atoms with van der Waals surface area (Å²) < 4.78 is 1.18. The predicted octanol–water partition coefficient (Wildman–Crippen LogP) is 3.71. The maximum Gasteiger partial charge on any atom is 0.0374 e. The van der Waals surface area contributed by atoms with Gasteiger partial charge in [0, 0.05) is 22.2 Å². The lowest BCUT2D eigenvalue weighted by molar-refractivity contribution is 0.295. The fourth-order valence-electron chi connectivity index (χ4n) is 2.73. The summed E-state index contributed by atoms with van der Waals surface area (Å²) in [6, 6.07) is 6.62. The highest BCUT2D eigenvalue weighted by atomic mass is 79.9. The van der Waals surface area contributed by atoms with Crippen molar-refractivity contribution in [3.05, 3.63) is 28.2 Å². The highest BCUT2D eigenvalue weighted by Crippen LogP contribution is 2.35. The van der Waals surface area contributed by atoms with E-state index < -0.39 is 0 Å². The first-order chi connectivity index (χ1) is 8.44. The van der Waals surface area contributed by atoms with Gasteiger partial charge < -0.3 is 10.6 Å². The number of nitrogens with two attached hydrogens (primary N) is 1. The average Bonchev–Trinajstić information content (AvgIpc) is 2.33. The Labute approximate surface area is 119 Å². The van der Waals surface area contributed by atoms with Crippen molar-refractivity contribution in [3.63, 3.8) is 0 Å². The molecule has 1 saturated heterocycles. The minimum absolute atomic E-state index is 0.228. The summed E-state index contributed by atoms with van der Waals surface area (Å²) in [5, 5.41) is 0. The number of nitrogens with zero attached hydrogens (tertiary/aromatic N) is 1. The zero-order chi connectivity index (χ0) is 13.3. The highest BCUT2D eigenvalue weighted by molar-refractivity contribution is 9.10. The molecule has 1 unspecified atom stereocenters. The normalized spacial score (nSPS) is 23.2. The Kier molecular flexibility index (Phi) is 4.02. The number of benzene rings is 1. The Morgan fingerprint density at radius 2 is 2.17 bits per heavy atom. The Morgan fingerprint density at radius 1 is 1.44 bits per heavy atom. The molecule has 18 heavy (non-hydrogen) atoms. The molecule has 1 aliphatic heterocycles. The van der Waals surface area contributed by atoms with Gasteiger partial charge in [0.15, 0.2) is 0 Å². The zero-order valence-electron chi connectivity index (χ0n) is 11.5. The van der Waals surface area contributed by atoms with Crippen LogP contribution < -0.4 is 10.6 Å². The third kappa shape index (κ3) is 2.72. The first kappa shape index (κ1) is 13.9. The van der Waals surface area contributed by atoms with Gasteiger partial charge in [-0.15, -0.1) is 0 Å². The Hall–Kier alpha value is -0.540. The van der Waals surface area contributed by atoms with Crippen LogP contribution >= 0.6 is 15.9 Å². The van der Waals surface area contributed by atoms with Crippen LogP contribution in [0.1, 0.15) is 32.3 Å². The average molecular weight is 311 g/mol. The first-order valence-electron chi connectivity index (χ1n) is 6.68. The molecule has 2 rings (SSSR count). The summed E-state index contributed by atoms with van der Waals surface area (Å²) in [4.78, 5) is 2.52. The summed E-state index contributed by atoms with van der Waals surface area (Å²) in [6.45, 7) is 8.67. The van der Waals surface area contributed by atoms with E-state index >= 15 is 0 Å². The molecule has 0 saturated carbocycles. The van der Waals surface area contributed by atoms with Crippen molar-refractivity contribution in [2.24, 2.45) is 11.7 Å². The zero-order valence-corrected chi connectivity index (χ0v) is 13.1. The molecule has 3 heteroatoms. The summed E-state index contributed by atoms with van der Waals surface area (Å²) in [7, 11) is 0. The minimum atomic E-state index is 0.228. The number of rotatable bonds is 2. The van der Waals surface area contributed by atoms with Crippen LogP contribution in [0.2, 0.25) is 0 Å². The number of piperidine rings is 1. The highest BCUT2D eigenvalue weighted by Gasteiger charge is 2.33. The van der Waals surface area contributed by atoms with Crippen LogP contribution in [0.15, 0.2) is 22.7 Å². The Morgan fingerprint density at radius 3 is 2.78 bits per heavy atom. The third-order valence-corrected chi connectivity index (χ3v) is 5.01. The van der Waals surface area contributed by atoms with E-state index in [2.05, 4.69) is 59.8 Å². The van der Waals surface area contributed by atoms with Crippen LogP contribution in [0.25, 0.3) is 0 Å². The second-order valence-electron chi connectivity index (χ2n) is 6.00. The molecule has 1 aromatic carbocycles. The molecule has 0 radical (unpaired) electrons. The predicted molar refractivity (Wildman–Crippen MR) is 82.1 cm³/mol. The second kappa shape index (κ2) is 5.22. The standard InChI is InChI=1S/C15H23BrN2/c1-11-8-13(4-5-14(11)16)18-10-12(9-17)6-7-15(18,2)3/h4-5,8,12H,6-7,9-10,17H2,1-3H3. The summed E-state index contributed by atoms with van der Waals surface area (Å²) >= 11 is 3.57. The summed E-state index contributed by atoms with van der Waals surface area (Å²) in [5.41, 5.74) is 8.69. The van der Waals surface area contributed by atoms with Crippen LogP contribution in [0.5, 0.6) is 0 Å². The van der Waals surface area contributed by atoms with Crippen molar-refractivity contribution in [3.8, 4) is 0 Å². The van der Waals surface area contributed by atoms with E-state index in [1.807, 2.05) is 0 Å². The van der Waals surface area contributed by atoms with E-state index in [0.29, 0.717) is 5.92 Å². The maximum atomic E-state index is 5.85. The minimum Gasteiger partial charge on any atom is -0.366 e. The molecule has 1 heterocycles. The molecule has 2 N–H and O–H groups in total. The van der Waals surface area contributed by atoms with Gasteiger partial charge in [0.2, 0.25) is 0 Å². The van der Waals surface area contributed by atoms with E-state index in [-0.39, 0.29) is 5.54 Å². The largest absolute Gasteiger partial charge is 0.366 e. The molecule has 0 bridgehead atoms. The lowest BCUT2D eigenvalue weighted by Crippen LogP contribution is -2.51. The van der Waals surface area contributed by atoms with Crippen molar-refractivity contribution < 1.29 is 0 Å². The van der Waals surface area contributed by atoms with Gasteiger partial charge in [0.25, 0.3) is 0 Å². The molecular weight excluding hydrogens is 288 g/mol. The number of halogens is 1. The SMILES string of the molecule is Cc1cc(N2CC(CN)CCC2(C)C)ccc1Br. The van der Waals surface area contributed by atoms with E-state index in [4.69, 9.17) is 5.73 Å². The van der Waals surface area contributed by atoms with Gasteiger partial charge in [-0.05, 0) is 69.8 Å². The van der Waals surface area contributed by atoms with Gasteiger partial charge in [-0.2, -0.15) is 0 Å². The van der Waals surface area contributed by atoms with Crippen molar-refractivity contribution in [1.29, 1.82) is 0 Å². The molecule has 1 aliphatic rings. The molecule has 1 aromatic rings. The van der Waals surface area contributed by atoms with Gasteiger partial charge in [-0.1, -0.05) is 15.9 Å². The van der Waals surface area contributed by atoms with Gasteiger partial charge in [0.1, 0.15) is 0 Å². The third-order valence-electron chi connectivity index (χ3n) is 4.12. The van der Waals surface area contributed by atoms with Crippen LogP contribution in [0.3, 0.4) is 0 Å². The van der Waals surface area contributed by atoms with E-state index in [0.717, 1.165) is 13.1 Å². The lowest BCUT2D eigenvalue weighted by Gasteiger charge is -2.47. The van der Waals surface area contributed by atoms with Gasteiger partial charge in [-0.3, -0.25) is 0 Å². The summed E-state index contributed by atoms with van der Waals surface area (Å²) in [5.74, 6) is 0.627. The second-order valence-corrected chi connectivity index (χ2v) is 6.85. The van der Waals surface area contributed by atoms with Crippen molar-refractivity contribution in [2.75, 3.05) is 18.0 Å². The topological polar surface area (TPSA) is 29.3 Å². The molecule has 1 atom stereocenters. The lowest BCUT2D eigenvalue weighted by atomic mass is 9.84. The van der Waals surface area contributed by atoms with E-state index in [1.54, 1.807) is 0 Å². The molecular formula is C15H23BrN2. The summed E-state index contributed by atoms with van der Waals surface area (Å²) in [6.07, 6.45) is 2.46. The fraction of sp³-hybridized carbons (Fsp3) is 0.600.